The van der Waals surface area contributed by atoms with Gasteiger partial charge in [-0.05, 0) is 75.2 Å². The molecule has 38 heavy (non-hydrogen) atoms. The van der Waals surface area contributed by atoms with Gasteiger partial charge in [0, 0.05) is 35.5 Å². The molecule has 2 aliphatic rings. The van der Waals surface area contributed by atoms with Gasteiger partial charge in [0.15, 0.2) is 0 Å². The molecule has 188 valence electrons. The van der Waals surface area contributed by atoms with Crippen molar-refractivity contribution in [2.45, 2.75) is 18.2 Å². The first-order valence-corrected chi connectivity index (χ1v) is 13.9. The Hall–Kier alpha value is -4.01. The zero-order valence-corrected chi connectivity index (χ0v) is 21.8. The molecule has 0 saturated carbocycles. The number of nitrogens with one attached hydrogen (secondary N) is 1. The first-order valence-electron chi connectivity index (χ1n) is 12.2. The van der Waals surface area contributed by atoms with Crippen LogP contribution < -0.4 is 5.32 Å². The van der Waals surface area contributed by atoms with Crippen molar-refractivity contribution in [3.05, 3.63) is 118 Å². The Morgan fingerprint density at radius 1 is 0.947 bits per heavy atom. The summed E-state index contributed by atoms with van der Waals surface area (Å²) in [4.78, 5) is 24.7. The van der Waals surface area contributed by atoms with Gasteiger partial charge in [-0.2, -0.15) is 4.37 Å². The number of aromatic carboxylic acids is 1. The molecule has 6 rings (SSSR count). The number of hydrogen-bond donors (Lipinski definition) is 2. The second-order valence-electron chi connectivity index (χ2n) is 9.28. The summed E-state index contributed by atoms with van der Waals surface area (Å²) in [5, 5.41) is 16.5. The zero-order valence-electron chi connectivity index (χ0n) is 20.2. The van der Waals surface area contributed by atoms with Crippen LogP contribution in [0.1, 0.15) is 27.2 Å². The van der Waals surface area contributed by atoms with Crippen molar-refractivity contribution in [2.24, 2.45) is 10.3 Å². The van der Waals surface area contributed by atoms with Gasteiger partial charge in [-0.1, -0.05) is 60.7 Å². The predicted molar refractivity (Wildman–Crippen MR) is 153 cm³/mol. The molecule has 3 aromatic carbocycles. The molecule has 0 saturated heterocycles. The van der Waals surface area contributed by atoms with Gasteiger partial charge in [0.25, 0.3) is 0 Å². The third kappa shape index (κ3) is 4.92. The average Bonchev–Trinajstić information content (AvgIpc) is 3.62. The van der Waals surface area contributed by atoms with Crippen molar-refractivity contribution >= 4 is 57.4 Å². The Morgan fingerprint density at radius 3 is 2.50 bits per heavy atom. The number of aromatic nitrogens is 1. The number of hydrogen-bond acceptors (Lipinski definition) is 6. The van der Waals surface area contributed by atoms with Crippen molar-refractivity contribution in [1.29, 1.82) is 0 Å². The van der Waals surface area contributed by atoms with Crippen LogP contribution in [0.4, 0.5) is 0 Å². The van der Waals surface area contributed by atoms with E-state index in [4.69, 9.17) is 9.50 Å². The summed E-state index contributed by atoms with van der Waals surface area (Å²) >= 11 is 2.89. The van der Waals surface area contributed by atoms with Crippen molar-refractivity contribution in [3.63, 3.8) is 0 Å². The number of fused-ring (bicyclic) bond motifs is 2. The van der Waals surface area contributed by atoms with Crippen LogP contribution in [0.5, 0.6) is 0 Å². The molecular weight excluding hydrogens is 514 g/mol. The highest BCUT2D eigenvalue weighted by atomic mass is 32.2. The molecule has 1 aliphatic heterocycles. The minimum atomic E-state index is -0.975. The normalized spacial score (nSPS) is 18.4. The molecule has 0 spiro atoms. The van der Waals surface area contributed by atoms with E-state index in [0.717, 1.165) is 28.1 Å². The molecule has 2 atom stereocenters. The molecule has 1 amide bonds. The van der Waals surface area contributed by atoms with E-state index in [9.17, 15) is 9.59 Å². The monoisotopic (exact) mass is 537 g/mol. The van der Waals surface area contributed by atoms with Crippen molar-refractivity contribution < 1.29 is 14.7 Å². The number of rotatable bonds is 7. The first-order chi connectivity index (χ1) is 18.5. The van der Waals surface area contributed by atoms with E-state index in [1.165, 1.54) is 34.3 Å². The second-order valence-corrected chi connectivity index (χ2v) is 10.9. The van der Waals surface area contributed by atoms with Crippen LogP contribution in [0.15, 0.2) is 100 Å². The summed E-state index contributed by atoms with van der Waals surface area (Å²) in [5.41, 5.74) is 5.65. The van der Waals surface area contributed by atoms with E-state index in [-0.39, 0.29) is 22.6 Å². The Labute approximate surface area is 228 Å². The van der Waals surface area contributed by atoms with Crippen molar-refractivity contribution in [3.8, 4) is 0 Å². The summed E-state index contributed by atoms with van der Waals surface area (Å²) in [6.45, 7) is 0.299. The third-order valence-electron chi connectivity index (χ3n) is 6.82. The molecule has 6 nitrogen and oxygen atoms in total. The number of carbonyl (C=O) groups is 2. The van der Waals surface area contributed by atoms with E-state index >= 15 is 0 Å². The molecule has 1 aromatic heterocycles. The van der Waals surface area contributed by atoms with E-state index in [1.807, 2.05) is 29.7 Å². The number of allylic oxidation sites excluding steroid dienone is 2. The smallest absolute Gasteiger partial charge is 0.335 e. The summed E-state index contributed by atoms with van der Waals surface area (Å²) in [5.74, 6) is -1.27. The lowest BCUT2D eigenvalue weighted by molar-refractivity contribution is -0.118. The van der Waals surface area contributed by atoms with Crippen LogP contribution in [-0.4, -0.2) is 32.3 Å². The molecule has 0 bridgehead atoms. The molecule has 8 heteroatoms. The first kappa shape index (κ1) is 24.3. The largest absolute Gasteiger partial charge is 0.478 e. The van der Waals surface area contributed by atoms with Gasteiger partial charge in [0.2, 0.25) is 5.91 Å². The van der Waals surface area contributed by atoms with Crippen LogP contribution in [0.2, 0.25) is 0 Å². The van der Waals surface area contributed by atoms with Crippen LogP contribution in [0.25, 0.3) is 16.3 Å². The number of carboxylic acids is 1. The second kappa shape index (κ2) is 10.4. The quantitative estimate of drug-likeness (QED) is 0.284. The fourth-order valence-corrected chi connectivity index (χ4v) is 6.48. The number of nitrogens with zero attached hydrogens (tertiary/aromatic N) is 2. The Morgan fingerprint density at radius 2 is 1.74 bits per heavy atom. The van der Waals surface area contributed by atoms with Crippen LogP contribution in [0.3, 0.4) is 0 Å². The standard InChI is InChI=1S/C30H23N3O3S2/c34-29(31-17-18-5-9-21(10-6-18)30(35)36)24-15-23(25-11-12-37-32-25)16-27-28(24)26(33-38-27)14-19-7-8-20-3-1-2-4-22(20)13-19/h1-13,15-16,27-28H,14,17H2,(H,31,34)(H,35,36). The van der Waals surface area contributed by atoms with E-state index in [2.05, 4.69) is 46.1 Å². The van der Waals surface area contributed by atoms with Gasteiger partial charge >= 0.3 is 5.97 Å². The van der Waals surface area contributed by atoms with Gasteiger partial charge in [-0.3, -0.25) is 4.79 Å². The van der Waals surface area contributed by atoms with Crippen LogP contribution >= 0.6 is 23.5 Å². The third-order valence-corrected chi connectivity index (χ3v) is 8.37. The molecule has 0 fully saturated rings. The molecule has 4 aromatic rings. The minimum absolute atomic E-state index is 0.0164. The number of amides is 1. The zero-order chi connectivity index (χ0) is 26.1. The number of benzene rings is 3. The maximum atomic E-state index is 13.6. The number of carboxylic acid groups (broad SMARTS) is 1. The summed E-state index contributed by atoms with van der Waals surface area (Å²) in [6, 6.07) is 23.2. The summed E-state index contributed by atoms with van der Waals surface area (Å²) < 4.78 is 9.33. The van der Waals surface area contributed by atoms with E-state index < -0.39 is 5.97 Å². The minimum Gasteiger partial charge on any atom is -0.478 e. The topological polar surface area (TPSA) is 91.7 Å². The SMILES string of the molecule is O=C(NCc1ccc(C(=O)O)cc1)C1=CC(c2ccsn2)=CC2SN=C(Cc3ccc4ccccc4c3)C12. The Bertz CT molecular complexity index is 1620. The molecule has 1 aliphatic carbocycles. The lowest BCUT2D eigenvalue weighted by Gasteiger charge is -2.25. The van der Waals surface area contributed by atoms with E-state index in [1.54, 1.807) is 24.3 Å². The van der Waals surface area contributed by atoms with Crippen LogP contribution in [-0.2, 0) is 17.8 Å². The van der Waals surface area contributed by atoms with Gasteiger partial charge in [-0.25, -0.2) is 9.19 Å². The predicted octanol–water partition coefficient (Wildman–Crippen LogP) is 5.96. The lowest BCUT2D eigenvalue weighted by Crippen LogP contribution is -2.35. The van der Waals surface area contributed by atoms with Crippen molar-refractivity contribution in [1.82, 2.24) is 9.69 Å². The Balaban J connectivity index is 1.26. The summed E-state index contributed by atoms with van der Waals surface area (Å²) in [6.07, 6.45) is 4.78. The highest BCUT2D eigenvalue weighted by molar-refractivity contribution is 7.99. The van der Waals surface area contributed by atoms with Crippen LogP contribution in [0, 0.1) is 5.92 Å². The fraction of sp³-hybridized carbons (Fsp3) is 0.133. The van der Waals surface area contributed by atoms with E-state index in [0.29, 0.717) is 18.5 Å². The highest BCUT2D eigenvalue weighted by Crippen LogP contribution is 2.42. The van der Waals surface area contributed by atoms with Gasteiger partial charge in [0.1, 0.15) is 0 Å². The van der Waals surface area contributed by atoms with Crippen molar-refractivity contribution in [2.75, 3.05) is 0 Å². The number of carbonyl (C=O) groups excluding carboxylic acids is 1. The molecule has 0 radical (unpaired) electrons. The molecule has 2 N–H and O–H groups in total. The van der Waals surface area contributed by atoms with Gasteiger partial charge in [0.05, 0.1) is 16.5 Å². The van der Waals surface area contributed by atoms with Gasteiger partial charge < -0.3 is 10.4 Å². The molecule has 2 heterocycles. The lowest BCUT2D eigenvalue weighted by atomic mass is 9.81. The maximum Gasteiger partial charge on any atom is 0.335 e. The van der Waals surface area contributed by atoms with Gasteiger partial charge in [-0.15, -0.1) is 0 Å². The highest BCUT2D eigenvalue weighted by Gasteiger charge is 2.39. The summed E-state index contributed by atoms with van der Waals surface area (Å²) in [7, 11) is 0. The molecule has 2 unspecified atom stereocenters. The average molecular weight is 538 g/mol. The maximum absolute atomic E-state index is 13.6. The molecular formula is C30H23N3O3S2. The fourth-order valence-electron chi connectivity index (χ4n) is 4.88. The Kier molecular flexibility index (Phi) is 6.66.